The molecule has 2 N–H and O–H groups in total. The van der Waals surface area contributed by atoms with Crippen LogP contribution < -0.4 is 10.5 Å². The predicted molar refractivity (Wildman–Crippen MR) is 79.2 cm³/mol. The molecule has 0 radical (unpaired) electrons. The Balaban J connectivity index is 2.20. The Morgan fingerprint density at radius 2 is 2.32 bits per heavy atom. The van der Waals surface area contributed by atoms with Gasteiger partial charge in [0, 0.05) is 29.3 Å². The topological polar surface area (TPSA) is 53.1 Å². The summed E-state index contributed by atoms with van der Waals surface area (Å²) < 4.78 is 7.10. The molecule has 2 heterocycles. The molecule has 0 aliphatic rings. The van der Waals surface area contributed by atoms with Crippen LogP contribution in [-0.2, 0) is 13.0 Å². The molecule has 6 heteroatoms. The van der Waals surface area contributed by atoms with E-state index in [1.165, 1.54) is 0 Å². The molecule has 0 aliphatic heterocycles. The highest BCUT2D eigenvalue weighted by atomic mass is 35.5. The average molecular weight is 300 g/mol. The molecular weight excluding hydrogens is 282 g/mol. The lowest BCUT2D eigenvalue weighted by atomic mass is 10.1. The van der Waals surface area contributed by atoms with Crippen molar-refractivity contribution < 1.29 is 4.74 Å². The molecule has 2 aromatic heterocycles. The summed E-state index contributed by atoms with van der Waals surface area (Å²) in [5, 5.41) is 7.09. The van der Waals surface area contributed by atoms with Crippen LogP contribution in [-0.4, -0.2) is 16.9 Å². The fraction of sp³-hybridized carbons (Fsp3) is 0.462. The second-order valence-electron chi connectivity index (χ2n) is 4.36. The maximum atomic E-state index is 6.30. The van der Waals surface area contributed by atoms with Gasteiger partial charge in [0.1, 0.15) is 5.75 Å². The lowest BCUT2D eigenvalue weighted by molar-refractivity contribution is 0.416. The molecule has 4 nitrogen and oxygen atoms in total. The molecule has 0 aromatic carbocycles. The zero-order valence-corrected chi connectivity index (χ0v) is 12.9. The number of thiophene rings is 1. The SMILES string of the molecule is CCn1nc(C)c(Cl)c1CC(N)c1cc(OC)cs1. The third-order valence-corrected chi connectivity index (χ3v) is 4.60. The van der Waals surface area contributed by atoms with Gasteiger partial charge in [0.2, 0.25) is 0 Å². The lowest BCUT2D eigenvalue weighted by Gasteiger charge is -2.11. The zero-order chi connectivity index (χ0) is 14.0. The lowest BCUT2D eigenvalue weighted by Crippen LogP contribution is -2.15. The second-order valence-corrected chi connectivity index (χ2v) is 5.68. The van der Waals surface area contributed by atoms with Crippen molar-refractivity contribution in [3.63, 3.8) is 0 Å². The van der Waals surface area contributed by atoms with Crippen LogP contribution in [0.15, 0.2) is 11.4 Å². The first-order chi connectivity index (χ1) is 9.06. The van der Waals surface area contributed by atoms with Gasteiger partial charge in [0.05, 0.1) is 23.5 Å². The summed E-state index contributed by atoms with van der Waals surface area (Å²) in [7, 11) is 1.66. The van der Waals surface area contributed by atoms with Gasteiger partial charge < -0.3 is 10.5 Å². The Bertz CT molecular complexity index is 564. The number of aromatic nitrogens is 2. The fourth-order valence-electron chi connectivity index (χ4n) is 2.01. The van der Waals surface area contributed by atoms with Gasteiger partial charge in [-0.05, 0) is 19.9 Å². The van der Waals surface area contributed by atoms with Gasteiger partial charge in [-0.2, -0.15) is 5.10 Å². The molecule has 2 aromatic rings. The maximum absolute atomic E-state index is 6.30. The van der Waals surface area contributed by atoms with Gasteiger partial charge in [-0.25, -0.2) is 0 Å². The fourth-order valence-corrected chi connectivity index (χ4v) is 3.08. The van der Waals surface area contributed by atoms with E-state index in [2.05, 4.69) is 5.10 Å². The summed E-state index contributed by atoms with van der Waals surface area (Å²) in [6, 6.07) is 1.88. The Labute approximate surface area is 122 Å². The summed E-state index contributed by atoms with van der Waals surface area (Å²) in [5.74, 6) is 0.849. The van der Waals surface area contributed by atoms with E-state index in [0.29, 0.717) is 6.42 Å². The van der Waals surface area contributed by atoms with E-state index >= 15 is 0 Å². The molecule has 0 saturated heterocycles. The average Bonchev–Trinajstić information content (AvgIpc) is 2.98. The van der Waals surface area contributed by atoms with Crippen LogP contribution in [0.4, 0.5) is 0 Å². The van der Waals surface area contributed by atoms with E-state index in [-0.39, 0.29) is 6.04 Å². The first kappa shape index (κ1) is 14.4. The van der Waals surface area contributed by atoms with Crippen LogP contribution in [0.2, 0.25) is 5.02 Å². The van der Waals surface area contributed by atoms with Crippen LogP contribution in [0.3, 0.4) is 0 Å². The molecule has 19 heavy (non-hydrogen) atoms. The number of hydrogen-bond donors (Lipinski definition) is 1. The Morgan fingerprint density at radius 1 is 1.58 bits per heavy atom. The largest absolute Gasteiger partial charge is 0.496 e. The molecule has 1 atom stereocenters. The number of aryl methyl sites for hydroxylation is 2. The summed E-state index contributed by atoms with van der Waals surface area (Å²) in [6.45, 7) is 4.76. The van der Waals surface area contributed by atoms with Crippen LogP contribution in [0.5, 0.6) is 5.75 Å². The van der Waals surface area contributed by atoms with Crippen molar-refractivity contribution in [2.24, 2.45) is 5.73 Å². The van der Waals surface area contributed by atoms with E-state index in [1.807, 2.05) is 30.0 Å². The highest BCUT2D eigenvalue weighted by Crippen LogP contribution is 2.30. The van der Waals surface area contributed by atoms with Crippen molar-refractivity contribution in [3.8, 4) is 5.75 Å². The quantitative estimate of drug-likeness (QED) is 0.922. The van der Waals surface area contributed by atoms with Gasteiger partial charge in [0.15, 0.2) is 0 Å². The molecule has 0 bridgehead atoms. The van der Waals surface area contributed by atoms with Gasteiger partial charge in [0.25, 0.3) is 0 Å². The molecule has 0 spiro atoms. The summed E-state index contributed by atoms with van der Waals surface area (Å²) in [4.78, 5) is 1.09. The molecule has 0 saturated carbocycles. The standard InChI is InChI=1S/C13H18ClN3OS/c1-4-17-11(13(14)8(2)16-17)6-10(15)12-5-9(18-3)7-19-12/h5,7,10H,4,6,15H2,1-3H3. The highest BCUT2D eigenvalue weighted by Gasteiger charge is 2.18. The first-order valence-corrected chi connectivity index (χ1v) is 7.42. The van der Waals surface area contributed by atoms with E-state index in [9.17, 15) is 0 Å². The molecule has 1 unspecified atom stereocenters. The minimum atomic E-state index is -0.0900. The normalized spacial score (nSPS) is 12.7. The number of nitrogens with zero attached hydrogens (tertiary/aromatic N) is 2. The summed E-state index contributed by atoms with van der Waals surface area (Å²) >= 11 is 7.90. The van der Waals surface area contributed by atoms with Crippen LogP contribution >= 0.6 is 22.9 Å². The van der Waals surface area contributed by atoms with Crippen LogP contribution in [0.1, 0.15) is 29.2 Å². The van der Waals surface area contributed by atoms with Gasteiger partial charge >= 0.3 is 0 Å². The Kier molecular flexibility index (Phi) is 4.50. The second kappa shape index (κ2) is 5.94. The van der Waals surface area contributed by atoms with Gasteiger partial charge in [-0.15, -0.1) is 11.3 Å². The van der Waals surface area contributed by atoms with E-state index in [1.54, 1.807) is 18.4 Å². The number of hydrogen-bond acceptors (Lipinski definition) is 4. The van der Waals surface area contributed by atoms with Crippen molar-refractivity contribution in [2.45, 2.75) is 32.9 Å². The number of ether oxygens (including phenoxy) is 1. The Hall–Kier alpha value is -1.04. The molecule has 0 fully saturated rings. The molecule has 0 amide bonds. The minimum absolute atomic E-state index is 0.0900. The van der Waals surface area contributed by atoms with Crippen molar-refractivity contribution in [1.29, 1.82) is 0 Å². The van der Waals surface area contributed by atoms with E-state index in [0.717, 1.165) is 33.6 Å². The predicted octanol–water partition coefficient (Wildman–Crippen LogP) is 3.18. The number of halogens is 1. The maximum Gasteiger partial charge on any atom is 0.129 e. The van der Waals surface area contributed by atoms with Crippen LogP contribution in [0.25, 0.3) is 0 Å². The molecule has 104 valence electrons. The number of rotatable bonds is 5. The van der Waals surface area contributed by atoms with Crippen molar-refractivity contribution >= 4 is 22.9 Å². The van der Waals surface area contributed by atoms with E-state index in [4.69, 9.17) is 22.1 Å². The molecule has 0 aliphatic carbocycles. The van der Waals surface area contributed by atoms with Crippen LogP contribution in [0, 0.1) is 6.92 Å². The Morgan fingerprint density at radius 3 is 2.89 bits per heavy atom. The molecule has 2 rings (SSSR count). The summed E-state index contributed by atoms with van der Waals surface area (Å²) in [6.07, 6.45) is 0.678. The third kappa shape index (κ3) is 2.94. The smallest absolute Gasteiger partial charge is 0.129 e. The number of nitrogens with two attached hydrogens (primary N) is 1. The first-order valence-electron chi connectivity index (χ1n) is 6.16. The van der Waals surface area contributed by atoms with Crippen molar-refractivity contribution in [2.75, 3.05) is 7.11 Å². The third-order valence-electron chi connectivity index (χ3n) is 3.06. The summed E-state index contributed by atoms with van der Waals surface area (Å²) in [5.41, 5.74) is 8.11. The van der Waals surface area contributed by atoms with Gasteiger partial charge in [-0.1, -0.05) is 11.6 Å². The van der Waals surface area contributed by atoms with Gasteiger partial charge in [-0.3, -0.25) is 4.68 Å². The van der Waals surface area contributed by atoms with Crippen molar-refractivity contribution in [1.82, 2.24) is 9.78 Å². The minimum Gasteiger partial charge on any atom is -0.496 e. The van der Waals surface area contributed by atoms with Crippen molar-refractivity contribution in [3.05, 3.63) is 32.7 Å². The highest BCUT2D eigenvalue weighted by molar-refractivity contribution is 7.10. The monoisotopic (exact) mass is 299 g/mol. The van der Waals surface area contributed by atoms with E-state index < -0.39 is 0 Å². The number of methoxy groups -OCH3 is 1. The molecular formula is C13H18ClN3OS. The zero-order valence-electron chi connectivity index (χ0n) is 11.3.